The Hall–Kier alpha value is -3.64. The number of carbonyl (C=O) groups excluding carboxylic acids is 1. The molecule has 0 radical (unpaired) electrons. The summed E-state index contributed by atoms with van der Waals surface area (Å²) in [7, 11) is 1.57. The van der Waals surface area contributed by atoms with E-state index >= 15 is 0 Å². The number of methoxy groups -OCH3 is 1. The fraction of sp³-hybridized carbons (Fsp3) is 0.0833. The topological polar surface area (TPSA) is 63.2 Å². The molecule has 4 aromatic rings. The summed E-state index contributed by atoms with van der Waals surface area (Å²) in [6, 6.07) is 25.6. The second kappa shape index (κ2) is 9.24. The first-order valence-corrected chi connectivity index (χ1v) is 10.4. The van der Waals surface area contributed by atoms with E-state index in [9.17, 15) is 4.79 Å². The van der Waals surface area contributed by atoms with E-state index in [1.807, 2.05) is 23.6 Å². The van der Waals surface area contributed by atoms with Crippen molar-refractivity contribution >= 4 is 28.2 Å². The fourth-order valence-corrected chi connectivity index (χ4v) is 3.80. The van der Waals surface area contributed by atoms with Gasteiger partial charge in [0, 0.05) is 10.9 Å². The lowest BCUT2D eigenvalue weighted by Gasteiger charge is -2.09. The number of aromatic nitrogens is 1. The molecule has 2 amide bonds. The van der Waals surface area contributed by atoms with Crippen LogP contribution in [0.2, 0.25) is 0 Å². The SMILES string of the molecule is COc1ccccc1NC(=O)Nc1nc(-c2ccc(Cc3ccccc3)cc2)cs1. The highest BCUT2D eigenvalue weighted by molar-refractivity contribution is 7.14. The molecule has 0 atom stereocenters. The number of rotatable bonds is 6. The molecule has 0 bridgehead atoms. The van der Waals surface area contributed by atoms with Gasteiger partial charge in [0.05, 0.1) is 18.5 Å². The second-order valence-electron chi connectivity index (χ2n) is 6.68. The maximum atomic E-state index is 12.3. The summed E-state index contributed by atoms with van der Waals surface area (Å²) in [5, 5.41) is 8.03. The average Bonchev–Trinajstić information content (AvgIpc) is 3.23. The summed E-state index contributed by atoms with van der Waals surface area (Å²) < 4.78 is 5.25. The van der Waals surface area contributed by atoms with E-state index in [1.165, 1.54) is 22.5 Å². The van der Waals surface area contributed by atoms with E-state index in [1.54, 1.807) is 19.2 Å². The molecule has 150 valence electrons. The Bertz CT molecular complexity index is 1120. The van der Waals surface area contributed by atoms with E-state index < -0.39 is 0 Å². The highest BCUT2D eigenvalue weighted by Crippen LogP contribution is 2.27. The first-order chi connectivity index (χ1) is 14.7. The van der Waals surface area contributed by atoms with Gasteiger partial charge in [-0.2, -0.15) is 0 Å². The lowest BCUT2D eigenvalue weighted by molar-refractivity contribution is 0.262. The van der Waals surface area contributed by atoms with Crippen molar-refractivity contribution in [3.8, 4) is 17.0 Å². The van der Waals surface area contributed by atoms with Crippen LogP contribution in [0.4, 0.5) is 15.6 Å². The highest BCUT2D eigenvalue weighted by Gasteiger charge is 2.10. The zero-order chi connectivity index (χ0) is 20.8. The highest BCUT2D eigenvalue weighted by atomic mass is 32.1. The standard InChI is InChI=1S/C24H21N3O2S/c1-29-22-10-6-5-9-20(22)25-23(28)27-24-26-21(16-30-24)19-13-11-18(12-14-19)15-17-7-3-2-4-8-17/h2-14,16H,15H2,1H3,(H2,25,26,27,28). The van der Waals surface area contributed by atoms with Crippen molar-refractivity contribution in [2.75, 3.05) is 17.7 Å². The zero-order valence-corrected chi connectivity index (χ0v) is 17.3. The van der Waals surface area contributed by atoms with Crippen molar-refractivity contribution in [2.45, 2.75) is 6.42 Å². The molecular formula is C24H21N3O2S. The number of nitrogens with one attached hydrogen (secondary N) is 2. The number of para-hydroxylation sites is 2. The van der Waals surface area contributed by atoms with E-state index in [0.29, 0.717) is 16.6 Å². The third-order valence-electron chi connectivity index (χ3n) is 4.58. The molecule has 0 aliphatic rings. The normalized spacial score (nSPS) is 10.4. The molecule has 0 fully saturated rings. The van der Waals surface area contributed by atoms with Gasteiger partial charge < -0.3 is 10.1 Å². The third-order valence-corrected chi connectivity index (χ3v) is 5.34. The van der Waals surface area contributed by atoms with Gasteiger partial charge in [0.25, 0.3) is 0 Å². The molecular weight excluding hydrogens is 394 g/mol. The number of anilines is 2. The largest absolute Gasteiger partial charge is 0.495 e. The molecule has 0 aliphatic carbocycles. The fourth-order valence-electron chi connectivity index (χ4n) is 3.09. The second-order valence-corrected chi connectivity index (χ2v) is 7.53. The van der Waals surface area contributed by atoms with Gasteiger partial charge in [0.1, 0.15) is 5.75 Å². The third kappa shape index (κ3) is 4.85. The summed E-state index contributed by atoms with van der Waals surface area (Å²) in [5.41, 5.74) is 4.98. The number of hydrogen-bond acceptors (Lipinski definition) is 4. The minimum atomic E-state index is -0.362. The van der Waals surface area contributed by atoms with Crippen LogP contribution in [0, 0.1) is 0 Å². The summed E-state index contributed by atoms with van der Waals surface area (Å²) in [6.07, 6.45) is 0.897. The number of amides is 2. The molecule has 4 rings (SSSR count). The number of hydrogen-bond donors (Lipinski definition) is 2. The van der Waals surface area contributed by atoms with Crippen LogP contribution in [-0.4, -0.2) is 18.1 Å². The number of carbonyl (C=O) groups is 1. The molecule has 0 saturated carbocycles. The van der Waals surface area contributed by atoms with Crippen LogP contribution in [0.5, 0.6) is 5.75 Å². The van der Waals surface area contributed by atoms with Gasteiger partial charge in [-0.05, 0) is 29.7 Å². The molecule has 2 N–H and O–H groups in total. The Morgan fingerprint density at radius 1 is 0.900 bits per heavy atom. The van der Waals surface area contributed by atoms with Gasteiger partial charge >= 0.3 is 6.03 Å². The molecule has 6 heteroatoms. The summed E-state index contributed by atoms with van der Waals surface area (Å²) >= 11 is 1.39. The van der Waals surface area contributed by atoms with Gasteiger partial charge in [-0.3, -0.25) is 5.32 Å². The van der Waals surface area contributed by atoms with Crippen LogP contribution in [0.3, 0.4) is 0 Å². The molecule has 0 unspecified atom stereocenters. The smallest absolute Gasteiger partial charge is 0.325 e. The van der Waals surface area contributed by atoms with E-state index in [-0.39, 0.29) is 6.03 Å². The van der Waals surface area contributed by atoms with Gasteiger partial charge in [0.15, 0.2) is 5.13 Å². The van der Waals surface area contributed by atoms with Crippen LogP contribution in [0.1, 0.15) is 11.1 Å². The Balaban J connectivity index is 1.39. The quantitative estimate of drug-likeness (QED) is 0.403. The lowest BCUT2D eigenvalue weighted by atomic mass is 10.0. The van der Waals surface area contributed by atoms with Gasteiger partial charge in [-0.1, -0.05) is 66.7 Å². The number of benzene rings is 3. The minimum Gasteiger partial charge on any atom is -0.495 e. The summed E-state index contributed by atoms with van der Waals surface area (Å²) in [4.78, 5) is 16.8. The van der Waals surface area contributed by atoms with Crippen molar-refractivity contribution < 1.29 is 9.53 Å². The van der Waals surface area contributed by atoms with Crippen LogP contribution in [-0.2, 0) is 6.42 Å². The van der Waals surface area contributed by atoms with Gasteiger partial charge in [-0.25, -0.2) is 9.78 Å². The maximum absolute atomic E-state index is 12.3. The number of nitrogens with zero attached hydrogens (tertiary/aromatic N) is 1. The Labute approximate surface area is 179 Å². The average molecular weight is 416 g/mol. The summed E-state index contributed by atoms with van der Waals surface area (Å²) in [6.45, 7) is 0. The Morgan fingerprint density at radius 3 is 2.37 bits per heavy atom. The molecule has 3 aromatic carbocycles. The van der Waals surface area contributed by atoms with E-state index in [4.69, 9.17) is 4.74 Å². The van der Waals surface area contributed by atoms with Crippen molar-refractivity contribution in [1.82, 2.24) is 4.98 Å². The Kier molecular flexibility index (Phi) is 6.06. The first kappa shape index (κ1) is 19.7. The van der Waals surface area contributed by atoms with Crippen molar-refractivity contribution in [3.63, 3.8) is 0 Å². The molecule has 0 saturated heterocycles. The van der Waals surface area contributed by atoms with Crippen molar-refractivity contribution in [1.29, 1.82) is 0 Å². The zero-order valence-electron chi connectivity index (χ0n) is 16.5. The predicted molar refractivity (Wildman–Crippen MR) is 122 cm³/mol. The number of urea groups is 1. The first-order valence-electron chi connectivity index (χ1n) is 9.51. The van der Waals surface area contributed by atoms with Crippen LogP contribution in [0.15, 0.2) is 84.2 Å². The van der Waals surface area contributed by atoms with Crippen molar-refractivity contribution in [2.24, 2.45) is 0 Å². The Morgan fingerprint density at radius 2 is 1.60 bits per heavy atom. The summed E-state index contributed by atoms with van der Waals surface area (Å²) in [5.74, 6) is 0.600. The van der Waals surface area contributed by atoms with Gasteiger partial charge in [0.2, 0.25) is 0 Å². The van der Waals surface area contributed by atoms with E-state index in [2.05, 4.69) is 64.1 Å². The van der Waals surface area contributed by atoms with E-state index in [0.717, 1.165) is 17.7 Å². The van der Waals surface area contributed by atoms with Crippen molar-refractivity contribution in [3.05, 3.63) is 95.4 Å². The monoisotopic (exact) mass is 415 g/mol. The number of ether oxygens (including phenoxy) is 1. The van der Waals surface area contributed by atoms with Crippen LogP contribution >= 0.6 is 11.3 Å². The lowest BCUT2D eigenvalue weighted by Crippen LogP contribution is -2.19. The molecule has 5 nitrogen and oxygen atoms in total. The molecule has 1 aromatic heterocycles. The van der Waals surface area contributed by atoms with Crippen LogP contribution in [0.25, 0.3) is 11.3 Å². The molecule has 0 spiro atoms. The number of thiazole rings is 1. The molecule has 0 aliphatic heterocycles. The maximum Gasteiger partial charge on any atom is 0.325 e. The predicted octanol–water partition coefficient (Wildman–Crippen LogP) is 6.05. The minimum absolute atomic E-state index is 0.362. The van der Waals surface area contributed by atoms with Gasteiger partial charge in [-0.15, -0.1) is 11.3 Å². The van der Waals surface area contributed by atoms with Crippen LogP contribution < -0.4 is 15.4 Å². The molecule has 30 heavy (non-hydrogen) atoms. The molecule has 1 heterocycles.